The predicted octanol–water partition coefficient (Wildman–Crippen LogP) is 1.57. The van der Waals surface area contributed by atoms with Gasteiger partial charge in [-0.15, -0.1) is 5.10 Å². The lowest BCUT2D eigenvalue weighted by molar-refractivity contribution is 0.0600. The smallest absolute Gasteiger partial charge is 0.342 e. The van der Waals surface area contributed by atoms with Crippen molar-refractivity contribution in [2.75, 3.05) is 7.11 Å². The van der Waals surface area contributed by atoms with Crippen LogP contribution in [0.5, 0.6) is 0 Å². The van der Waals surface area contributed by atoms with Gasteiger partial charge in [-0.2, -0.15) is 5.10 Å². The second-order valence-electron chi connectivity index (χ2n) is 1.85. The molecule has 0 aliphatic rings. The van der Waals surface area contributed by atoms with Crippen LogP contribution in [-0.2, 0) is 4.74 Å². The summed E-state index contributed by atoms with van der Waals surface area (Å²) in [6, 6.07) is 0. The lowest BCUT2D eigenvalue weighted by Gasteiger charge is -2.01. The fraction of sp³-hybridized carbons (Fsp3) is 0.167. The zero-order chi connectivity index (χ0) is 9.14. The number of hydrogen-bond donors (Lipinski definition) is 0. The quantitative estimate of drug-likeness (QED) is 0.655. The Hall–Kier alpha value is -0.870. The summed E-state index contributed by atoms with van der Waals surface area (Å²) < 4.78 is 4.42. The van der Waals surface area contributed by atoms with E-state index >= 15 is 0 Å². The third-order valence-electron chi connectivity index (χ3n) is 1.15. The zero-order valence-corrected chi connectivity index (χ0v) is 7.56. The first kappa shape index (κ1) is 9.22. The Kier molecular flexibility index (Phi) is 2.83. The molecule has 0 radical (unpaired) electrons. The molecule has 0 spiro atoms. The van der Waals surface area contributed by atoms with E-state index in [-0.39, 0.29) is 15.7 Å². The zero-order valence-electron chi connectivity index (χ0n) is 6.04. The summed E-state index contributed by atoms with van der Waals surface area (Å²) >= 11 is 11.2. The summed E-state index contributed by atoms with van der Waals surface area (Å²) in [6.45, 7) is 0. The average molecular weight is 207 g/mol. The number of esters is 1. The fourth-order valence-electron chi connectivity index (χ4n) is 0.627. The molecule has 6 heteroatoms. The highest BCUT2D eigenvalue weighted by atomic mass is 35.5. The highest BCUT2D eigenvalue weighted by Crippen LogP contribution is 2.21. The van der Waals surface area contributed by atoms with Crippen LogP contribution in [0.15, 0.2) is 6.20 Å². The predicted molar refractivity (Wildman–Crippen MR) is 43.4 cm³/mol. The van der Waals surface area contributed by atoms with Gasteiger partial charge in [0, 0.05) is 0 Å². The molecule has 0 aliphatic carbocycles. The van der Waals surface area contributed by atoms with Crippen LogP contribution in [-0.4, -0.2) is 23.3 Å². The Labute approximate surface area is 78.5 Å². The van der Waals surface area contributed by atoms with Crippen molar-refractivity contribution in [1.29, 1.82) is 0 Å². The van der Waals surface area contributed by atoms with Crippen LogP contribution in [0.25, 0.3) is 0 Å². The van der Waals surface area contributed by atoms with Crippen LogP contribution < -0.4 is 0 Å². The normalized spacial score (nSPS) is 9.58. The van der Waals surface area contributed by atoms with Gasteiger partial charge in [-0.1, -0.05) is 23.2 Å². The fourth-order valence-corrected chi connectivity index (χ4v) is 1.11. The molecule has 0 atom stereocenters. The number of ether oxygens (including phenoxy) is 1. The maximum absolute atomic E-state index is 11.0. The highest BCUT2D eigenvalue weighted by Gasteiger charge is 2.16. The Bertz CT molecular complexity index is 296. The summed E-state index contributed by atoms with van der Waals surface area (Å²) in [5.41, 5.74) is 0.0378. The van der Waals surface area contributed by atoms with Crippen molar-refractivity contribution in [1.82, 2.24) is 10.2 Å². The monoisotopic (exact) mass is 206 g/mol. The SMILES string of the molecule is COC(=O)c1c(Cl)cnnc1Cl. The van der Waals surface area contributed by atoms with Crippen LogP contribution >= 0.6 is 23.2 Å². The molecule has 1 aromatic rings. The van der Waals surface area contributed by atoms with Gasteiger partial charge in [0.1, 0.15) is 5.56 Å². The van der Waals surface area contributed by atoms with E-state index in [2.05, 4.69) is 14.9 Å². The number of carbonyl (C=O) groups is 1. The first-order valence-corrected chi connectivity index (χ1v) is 3.67. The molecule has 0 bridgehead atoms. The summed E-state index contributed by atoms with van der Waals surface area (Å²) in [4.78, 5) is 11.0. The van der Waals surface area contributed by atoms with Crippen molar-refractivity contribution in [3.8, 4) is 0 Å². The van der Waals surface area contributed by atoms with Crippen LogP contribution in [0.4, 0.5) is 0 Å². The largest absolute Gasteiger partial charge is 0.465 e. The van der Waals surface area contributed by atoms with Gasteiger partial charge in [0.2, 0.25) is 0 Å². The number of rotatable bonds is 1. The minimum atomic E-state index is -0.625. The van der Waals surface area contributed by atoms with Crippen molar-refractivity contribution >= 4 is 29.2 Å². The lowest BCUT2D eigenvalue weighted by atomic mass is 10.3. The van der Waals surface area contributed by atoms with Gasteiger partial charge in [0.05, 0.1) is 18.3 Å². The number of aromatic nitrogens is 2. The van der Waals surface area contributed by atoms with Crippen LogP contribution in [0.2, 0.25) is 10.2 Å². The molecule has 0 amide bonds. The van der Waals surface area contributed by atoms with E-state index in [0.29, 0.717) is 0 Å². The Morgan fingerprint density at radius 2 is 2.25 bits per heavy atom. The van der Waals surface area contributed by atoms with E-state index in [9.17, 15) is 4.79 Å². The molecule has 64 valence electrons. The number of methoxy groups -OCH3 is 1. The molecule has 12 heavy (non-hydrogen) atoms. The molecule has 0 saturated heterocycles. The molecular formula is C6H4Cl2N2O2. The van der Waals surface area contributed by atoms with Gasteiger partial charge in [-0.05, 0) is 0 Å². The number of halogens is 2. The van der Waals surface area contributed by atoms with Gasteiger partial charge >= 0.3 is 5.97 Å². The van der Waals surface area contributed by atoms with E-state index in [1.54, 1.807) is 0 Å². The molecule has 4 nitrogen and oxygen atoms in total. The number of hydrogen-bond acceptors (Lipinski definition) is 4. The van der Waals surface area contributed by atoms with E-state index in [4.69, 9.17) is 23.2 Å². The second kappa shape index (κ2) is 3.69. The number of nitrogens with zero attached hydrogens (tertiary/aromatic N) is 2. The standard InChI is InChI=1S/C6H4Cl2N2O2/c1-12-6(11)4-3(7)2-9-10-5(4)8/h2H,1H3. The van der Waals surface area contributed by atoms with Crippen LogP contribution in [0.3, 0.4) is 0 Å². The molecule has 1 aromatic heterocycles. The van der Waals surface area contributed by atoms with Gasteiger partial charge in [0.25, 0.3) is 0 Å². The molecule has 1 rings (SSSR count). The Morgan fingerprint density at radius 1 is 1.58 bits per heavy atom. The first-order chi connectivity index (χ1) is 5.66. The van der Waals surface area contributed by atoms with E-state index in [0.717, 1.165) is 0 Å². The van der Waals surface area contributed by atoms with Gasteiger partial charge in [0.15, 0.2) is 5.15 Å². The summed E-state index contributed by atoms with van der Waals surface area (Å²) in [6.07, 6.45) is 1.22. The van der Waals surface area contributed by atoms with Crippen LogP contribution in [0, 0.1) is 0 Å². The third kappa shape index (κ3) is 1.65. The van der Waals surface area contributed by atoms with E-state index in [1.807, 2.05) is 0 Å². The summed E-state index contributed by atoms with van der Waals surface area (Å²) in [5.74, 6) is -0.625. The second-order valence-corrected chi connectivity index (χ2v) is 2.62. The van der Waals surface area contributed by atoms with Crippen LogP contribution in [0.1, 0.15) is 10.4 Å². The molecule has 0 saturated carbocycles. The van der Waals surface area contributed by atoms with Crippen molar-refractivity contribution in [3.63, 3.8) is 0 Å². The molecule has 0 aromatic carbocycles. The molecule has 1 heterocycles. The number of carbonyl (C=O) groups excluding carboxylic acids is 1. The Balaban J connectivity index is 3.21. The highest BCUT2D eigenvalue weighted by molar-refractivity contribution is 6.38. The summed E-state index contributed by atoms with van der Waals surface area (Å²) in [7, 11) is 1.23. The van der Waals surface area contributed by atoms with Crippen molar-refractivity contribution in [2.45, 2.75) is 0 Å². The summed E-state index contributed by atoms with van der Waals surface area (Å²) in [5, 5.41) is 6.94. The molecule has 0 fully saturated rings. The maximum atomic E-state index is 11.0. The van der Waals surface area contributed by atoms with Gasteiger partial charge in [-0.3, -0.25) is 0 Å². The Morgan fingerprint density at radius 3 is 2.75 bits per heavy atom. The van der Waals surface area contributed by atoms with Gasteiger partial charge < -0.3 is 4.74 Å². The maximum Gasteiger partial charge on any atom is 0.342 e. The van der Waals surface area contributed by atoms with Crippen molar-refractivity contribution in [2.24, 2.45) is 0 Å². The van der Waals surface area contributed by atoms with E-state index < -0.39 is 5.97 Å². The topological polar surface area (TPSA) is 52.1 Å². The molecular weight excluding hydrogens is 203 g/mol. The van der Waals surface area contributed by atoms with Crippen molar-refractivity contribution in [3.05, 3.63) is 21.9 Å². The third-order valence-corrected chi connectivity index (χ3v) is 1.70. The minimum absolute atomic E-state index is 0.0378. The minimum Gasteiger partial charge on any atom is -0.465 e. The van der Waals surface area contributed by atoms with E-state index in [1.165, 1.54) is 13.3 Å². The first-order valence-electron chi connectivity index (χ1n) is 2.91. The molecule has 0 N–H and O–H groups in total. The molecule has 0 aliphatic heterocycles. The van der Waals surface area contributed by atoms with Gasteiger partial charge in [-0.25, -0.2) is 4.79 Å². The average Bonchev–Trinajstić information content (AvgIpc) is 2.03. The van der Waals surface area contributed by atoms with Crippen molar-refractivity contribution < 1.29 is 9.53 Å². The lowest BCUT2D eigenvalue weighted by Crippen LogP contribution is -2.04. The molecule has 0 unspecified atom stereocenters.